The summed E-state index contributed by atoms with van der Waals surface area (Å²) >= 11 is 1.48. The number of imide groups is 1. The first-order valence-corrected chi connectivity index (χ1v) is 17.8. The Morgan fingerprint density at radius 1 is 0.885 bits per heavy atom. The molecule has 2 aliphatic heterocycles. The Kier molecular flexibility index (Phi) is 10.7. The van der Waals surface area contributed by atoms with Crippen LogP contribution < -0.4 is 10.2 Å². The summed E-state index contributed by atoms with van der Waals surface area (Å²) in [4.78, 5) is 39.7. The van der Waals surface area contributed by atoms with E-state index in [0.717, 1.165) is 27.3 Å². The third-order valence-electron chi connectivity index (χ3n) is 9.02. The van der Waals surface area contributed by atoms with Gasteiger partial charge in [0.25, 0.3) is 5.91 Å². The van der Waals surface area contributed by atoms with Crippen LogP contribution in [0.4, 0.5) is 10.5 Å². The highest BCUT2D eigenvalue weighted by Crippen LogP contribution is 2.43. The first-order valence-electron chi connectivity index (χ1n) is 16.8. The van der Waals surface area contributed by atoms with Crippen LogP contribution in [0.1, 0.15) is 48.0 Å². The summed E-state index contributed by atoms with van der Waals surface area (Å²) in [5.41, 5.74) is 4.43. The smallest absolute Gasteiger partial charge is 0.408 e. The third kappa shape index (κ3) is 7.75. The quantitative estimate of drug-likeness (QED) is 0.135. The Labute approximate surface area is 303 Å². The van der Waals surface area contributed by atoms with Crippen LogP contribution in [-0.2, 0) is 37.0 Å². The zero-order valence-corrected chi connectivity index (χ0v) is 29.0. The van der Waals surface area contributed by atoms with Gasteiger partial charge in [-0.3, -0.25) is 9.59 Å². The van der Waals surface area contributed by atoms with E-state index in [1.807, 2.05) is 84.9 Å². The summed E-state index contributed by atoms with van der Waals surface area (Å²) < 4.78 is 20.1. The molecule has 52 heavy (non-hydrogen) atoms. The molecule has 1 aromatic heterocycles. The minimum Gasteiger partial charge on any atom is -0.445 e. The number of aromatic nitrogens is 4. The van der Waals surface area contributed by atoms with Crippen LogP contribution in [0.2, 0.25) is 0 Å². The molecule has 0 spiro atoms. The Balaban J connectivity index is 1.05. The van der Waals surface area contributed by atoms with Gasteiger partial charge in [-0.2, -0.15) is 4.68 Å². The number of para-hydroxylation sites is 1. The maximum Gasteiger partial charge on any atom is 0.408 e. The van der Waals surface area contributed by atoms with E-state index in [2.05, 4.69) is 27.8 Å². The number of hydrogen-bond donors (Lipinski definition) is 2. The van der Waals surface area contributed by atoms with Gasteiger partial charge in [0.05, 0.1) is 36.6 Å². The molecule has 2 aliphatic rings. The van der Waals surface area contributed by atoms with Crippen molar-refractivity contribution in [1.82, 2.24) is 25.5 Å². The molecule has 3 amide bonds. The average Bonchev–Trinajstić information content (AvgIpc) is 3.77. The van der Waals surface area contributed by atoms with E-state index in [4.69, 9.17) is 14.2 Å². The molecule has 5 atom stereocenters. The lowest BCUT2D eigenvalue weighted by Crippen LogP contribution is -2.42. The number of benzene rings is 4. The first-order chi connectivity index (χ1) is 25.4. The molecule has 14 heteroatoms. The molecular formula is C38H36N6O7S. The maximum absolute atomic E-state index is 13.3. The van der Waals surface area contributed by atoms with Crippen molar-refractivity contribution in [2.45, 2.75) is 56.3 Å². The molecule has 2 N–H and O–H groups in total. The lowest BCUT2D eigenvalue weighted by atomic mass is 9.91. The average molecular weight is 721 g/mol. The van der Waals surface area contributed by atoms with Crippen LogP contribution in [0.5, 0.6) is 0 Å². The lowest BCUT2D eigenvalue weighted by molar-refractivity contribution is -0.268. The van der Waals surface area contributed by atoms with Crippen molar-refractivity contribution in [2.75, 3.05) is 10.7 Å². The number of carbonyl (C=O) groups excluding carboxylic acids is 3. The van der Waals surface area contributed by atoms with Crippen LogP contribution >= 0.6 is 11.8 Å². The summed E-state index contributed by atoms with van der Waals surface area (Å²) in [6.07, 6.45) is -2.38. The van der Waals surface area contributed by atoms with Crippen LogP contribution in [0, 0.1) is 5.92 Å². The number of ether oxygens (including phenoxy) is 3. The van der Waals surface area contributed by atoms with Crippen LogP contribution in [0.15, 0.2) is 114 Å². The highest BCUT2D eigenvalue weighted by atomic mass is 32.2. The maximum atomic E-state index is 13.3. The fourth-order valence-electron chi connectivity index (χ4n) is 6.17. The van der Waals surface area contributed by atoms with Gasteiger partial charge in [-0.25, -0.2) is 9.69 Å². The monoisotopic (exact) mass is 720 g/mol. The number of aliphatic hydroxyl groups is 1. The second-order valence-corrected chi connectivity index (χ2v) is 13.5. The molecule has 2 fully saturated rings. The molecule has 0 bridgehead atoms. The molecule has 7 rings (SSSR count). The number of carbonyl (C=O) groups is 3. The predicted octanol–water partition coefficient (Wildman–Crippen LogP) is 5.30. The third-order valence-corrected chi connectivity index (χ3v) is 10.0. The van der Waals surface area contributed by atoms with E-state index in [0.29, 0.717) is 22.2 Å². The highest BCUT2D eigenvalue weighted by molar-refractivity contribution is 7.99. The zero-order valence-electron chi connectivity index (χ0n) is 28.1. The van der Waals surface area contributed by atoms with Crippen molar-refractivity contribution < 1.29 is 33.7 Å². The summed E-state index contributed by atoms with van der Waals surface area (Å²) in [5.74, 6) is -0.537. The van der Waals surface area contributed by atoms with Crippen molar-refractivity contribution >= 4 is 35.4 Å². The number of hydrogen-bond acceptors (Lipinski definition) is 11. The van der Waals surface area contributed by atoms with Gasteiger partial charge in [-0.1, -0.05) is 104 Å². The molecule has 0 saturated carbocycles. The number of amides is 3. The van der Waals surface area contributed by atoms with Gasteiger partial charge in [0, 0.05) is 17.2 Å². The Morgan fingerprint density at radius 3 is 2.29 bits per heavy atom. The topological polar surface area (TPSA) is 158 Å². The molecule has 5 unspecified atom stereocenters. The van der Waals surface area contributed by atoms with Gasteiger partial charge in [-0.05, 0) is 51.4 Å². The van der Waals surface area contributed by atoms with Crippen LogP contribution in [-0.4, -0.2) is 61.1 Å². The van der Waals surface area contributed by atoms with Gasteiger partial charge in [0.15, 0.2) is 6.29 Å². The van der Waals surface area contributed by atoms with Crippen molar-refractivity contribution in [3.05, 3.63) is 131 Å². The fourth-order valence-corrected chi connectivity index (χ4v) is 7.22. The number of nitrogens with one attached hydrogen (secondary N) is 1. The van der Waals surface area contributed by atoms with Crippen molar-refractivity contribution in [3.8, 4) is 5.69 Å². The number of alkyl carbamates (subject to hydrolysis) is 1. The van der Waals surface area contributed by atoms with E-state index in [-0.39, 0.29) is 37.8 Å². The number of aliphatic hydroxyl groups excluding tert-OH is 1. The summed E-state index contributed by atoms with van der Waals surface area (Å²) in [6.45, 7) is 2.05. The second kappa shape index (κ2) is 15.9. The van der Waals surface area contributed by atoms with E-state index < -0.39 is 30.2 Å². The standard InChI is InChI=1S/C38H36N6O7S/c1-24-32(23-52-37-40-41-42-44(37)30-10-6-3-7-11-30)50-36(51-34(24)27-14-12-25(21-45)13-15-27)28-16-18-29(19-17-28)43-33(46)20-31(35(43)47)39-38(48)49-22-26-8-4-2-5-9-26/h2-19,24,31-32,34,36,45H,20-23H2,1H3,(H,39,48). The Hall–Kier alpha value is -5.41. The second-order valence-electron chi connectivity index (χ2n) is 12.5. The summed E-state index contributed by atoms with van der Waals surface area (Å²) in [7, 11) is 0. The van der Waals surface area contributed by atoms with Crippen LogP contribution in [0.25, 0.3) is 5.69 Å². The van der Waals surface area contributed by atoms with E-state index >= 15 is 0 Å². The summed E-state index contributed by atoms with van der Waals surface area (Å²) in [5, 5.41) is 25.0. The predicted molar refractivity (Wildman–Crippen MR) is 190 cm³/mol. The number of tetrazole rings is 1. The molecule has 0 aliphatic carbocycles. The minimum atomic E-state index is -1.04. The number of nitrogens with zero attached hydrogens (tertiary/aromatic N) is 5. The molecule has 3 heterocycles. The van der Waals surface area contributed by atoms with Gasteiger partial charge < -0.3 is 24.6 Å². The number of thioether (sulfide) groups is 1. The van der Waals surface area contributed by atoms with Gasteiger partial charge in [0.2, 0.25) is 11.1 Å². The molecule has 13 nitrogen and oxygen atoms in total. The fraction of sp³-hybridized carbons (Fsp3) is 0.263. The van der Waals surface area contributed by atoms with E-state index in [9.17, 15) is 19.5 Å². The zero-order chi connectivity index (χ0) is 36.0. The Bertz CT molecular complexity index is 2000. The van der Waals surface area contributed by atoms with Crippen molar-refractivity contribution in [1.29, 1.82) is 0 Å². The van der Waals surface area contributed by atoms with Gasteiger partial charge in [0.1, 0.15) is 12.6 Å². The Morgan fingerprint density at radius 2 is 1.58 bits per heavy atom. The minimum absolute atomic E-state index is 0.0394. The van der Waals surface area contributed by atoms with Crippen molar-refractivity contribution in [2.24, 2.45) is 5.92 Å². The molecule has 0 radical (unpaired) electrons. The van der Waals surface area contributed by atoms with E-state index in [1.165, 1.54) is 11.8 Å². The van der Waals surface area contributed by atoms with Crippen LogP contribution in [0.3, 0.4) is 0 Å². The number of rotatable bonds is 11. The SMILES string of the molecule is CC1C(CSc2nnnn2-c2ccccc2)OC(c2ccc(N3C(=O)CC(NC(=O)OCc4ccccc4)C3=O)cc2)OC1c1ccc(CO)cc1. The largest absolute Gasteiger partial charge is 0.445 e. The summed E-state index contributed by atoms with van der Waals surface area (Å²) in [6, 6.07) is 32.3. The highest BCUT2D eigenvalue weighted by Gasteiger charge is 2.42. The van der Waals surface area contributed by atoms with Gasteiger partial charge in [-0.15, -0.1) is 5.10 Å². The molecule has 4 aromatic carbocycles. The van der Waals surface area contributed by atoms with Gasteiger partial charge >= 0.3 is 6.09 Å². The molecule has 266 valence electrons. The number of anilines is 1. The molecular weight excluding hydrogens is 685 g/mol. The molecule has 2 saturated heterocycles. The lowest BCUT2D eigenvalue weighted by Gasteiger charge is -2.41. The molecule has 5 aromatic rings. The first kappa shape index (κ1) is 35.0. The normalized spacial score (nSPS) is 21.7. The van der Waals surface area contributed by atoms with Crippen molar-refractivity contribution in [3.63, 3.8) is 0 Å². The van der Waals surface area contributed by atoms with E-state index in [1.54, 1.807) is 28.9 Å².